The summed E-state index contributed by atoms with van der Waals surface area (Å²) < 4.78 is 0. The fourth-order valence-electron chi connectivity index (χ4n) is 2.91. The van der Waals surface area contributed by atoms with Crippen molar-refractivity contribution in [2.24, 2.45) is 0 Å². The van der Waals surface area contributed by atoms with E-state index in [0.29, 0.717) is 13.0 Å². The van der Waals surface area contributed by atoms with Crippen molar-refractivity contribution in [2.45, 2.75) is 18.8 Å². The quantitative estimate of drug-likeness (QED) is 0.854. The molecule has 1 aliphatic rings. The first-order valence-electron chi connectivity index (χ1n) is 7.33. The largest absolute Gasteiger partial charge is 0.312 e. The summed E-state index contributed by atoms with van der Waals surface area (Å²) in [4.78, 5) is 14.3. The van der Waals surface area contributed by atoms with Gasteiger partial charge in [-0.15, -0.1) is 0 Å². The highest BCUT2D eigenvalue weighted by Gasteiger charge is 2.26. The molecule has 3 heteroatoms. The Morgan fingerprint density at radius 1 is 1.00 bits per heavy atom. The number of para-hydroxylation sites is 1. The summed E-state index contributed by atoms with van der Waals surface area (Å²) in [6, 6.07) is 18.5. The third kappa shape index (κ3) is 2.98. The first-order chi connectivity index (χ1) is 10.3. The summed E-state index contributed by atoms with van der Waals surface area (Å²) in [6.45, 7) is 0.698. The van der Waals surface area contributed by atoms with E-state index in [9.17, 15) is 4.79 Å². The van der Waals surface area contributed by atoms with Crippen molar-refractivity contribution in [1.82, 2.24) is 0 Å². The molecule has 21 heavy (non-hydrogen) atoms. The summed E-state index contributed by atoms with van der Waals surface area (Å²) in [6.07, 6.45) is 1.45. The second-order valence-corrected chi connectivity index (χ2v) is 5.79. The van der Waals surface area contributed by atoms with Crippen LogP contribution in [0.3, 0.4) is 0 Å². The molecule has 2 aromatic rings. The Morgan fingerprint density at radius 2 is 1.71 bits per heavy atom. The molecule has 1 heterocycles. The van der Waals surface area contributed by atoms with Gasteiger partial charge in [-0.2, -0.15) is 12.6 Å². The smallest absolute Gasteiger partial charge is 0.227 e. The topological polar surface area (TPSA) is 20.3 Å². The third-order valence-corrected chi connectivity index (χ3v) is 4.53. The molecular weight excluding hydrogens is 278 g/mol. The molecule has 1 unspecified atom stereocenters. The van der Waals surface area contributed by atoms with Crippen LogP contribution in [-0.4, -0.2) is 18.2 Å². The molecule has 0 saturated carbocycles. The van der Waals surface area contributed by atoms with E-state index < -0.39 is 0 Å². The zero-order chi connectivity index (χ0) is 14.7. The van der Waals surface area contributed by atoms with Crippen LogP contribution in [-0.2, 0) is 11.2 Å². The van der Waals surface area contributed by atoms with E-state index in [4.69, 9.17) is 0 Å². The number of amides is 1. The molecule has 0 aliphatic carbocycles. The van der Waals surface area contributed by atoms with E-state index in [1.54, 1.807) is 0 Å². The lowest BCUT2D eigenvalue weighted by molar-refractivity contribution is -0.118. The summed E-state index contributed by atoms with van der Waals surface area (Å²) in [5.74, 6) is 1.21. The summed E-state index contributed by atoms with van der Waals surface area (Å²) in [7, 11) is 0. The Balaban J connectivity index is 1.88. The number of aryl methyl sites for hydroxylation is 1. The van der Waals surface area contributed by atoms with Crippen LogP contribution in [0.2, 0.25) is 0 Å². The maximum absolute atomic E-state index is 12.3. The second-order valence-electron chi connectivity index (χ2n) is 5.42. The van der Waals surface area contributed by atoms with Crippen molar-refractivity contribution in [1.29, 1.82) is 0 Å². The number of carbonyl (C=O) groups is 1. The van der Waals surface area contributed by atoms with Crippen molar-refractivity contribution in [2.75, 3.05) is 17.2 Å². The molecule has 108 valence electrons. The fraction of sp³-hybridized carbons (Fsp3) is 0.278. The Kier molecular flexibility index (Phi) is 4.30. The van der Waals surface area contributed by atoms with Gasteiger partial charge in [-0.25, -0.2) is 0 Å². The zero-order valence-electron chi connectivity index (χ0n) is 11.9. The zero-order valence-corrected chi connectivity index (χ0v) is 12.8. The molecule has 0 bridgehead atoms. The number of nitrogens with zero attached hydrogens (tertiary/aromatic N) is 1. The average Bonchev–Trinajstić information content (AvgIpc) is 2.55. The summed E-state index contributed by atoms with van der Waals surface area (Å²) in [5, 5.41) is 0. The number of rotatable bonds is 4. The van der Waals surface area contributed by atoms with Crippen LogP contribution in [0, 0.1) is 0 Å². The molecule has 0 aromatic heterocycles. The minimum absolute atomic E-state index is 0.219. The number of carbonyl (C=O) groups excluding carboxylic acids is 1. The van der Waals surface area contributed by atoms with E-state index in [0.717, 1.165) is 17.9 Å². The lowest BCUT2D eigenvalue weighted by Gasteiger charge is -2.32. The predicted molar refractivity (Wildman–Crippen MR) is 90.2 cm³/mol. The normalized spacial score (nSPS) is 15.7. The molecule has 1 aliphatic heterocycles. The average molecular weight is 297 g/mol. The van der Waals surface area contributed by atoms with Gasteiger partial charge in [-0.3, -0.25) is 4.79 Å². The highest BCUT2D eigenvalue weighted by molar-refractivity contribution is 7.80. The second kappa shape index (κ2) is 6.35. The van der Waals surface area contributed by atoms with Crippen molar-refractivity contribution in [3.05, 3.63) is 65.7 Å². The minimum Gasteiger partial charge on any atom is -0.312 e. The van der Waals surface area contributed by atoms with Gasteiger partial charge in [0.25, 0.3) is 0 Å². The molecule has 3 rings (SSSR count). The van der Waals surface area contributed by atoms with E-state index >= 15 is 0 Å². The molecule has 0 spiro atoms. The first-order valence-corrected chi connectivity index (χ1v) is 7.97. The minimum atomic E-state index is 0.219. The van der Waals surface area contributed by atoms with Crippen molar-refractivity contribution in [3.8, 4) is 0 Å². The molecule has 0 saturated heterocycles. The van der Waals surface area contributed by atoms with E-state index in [1.807, 2.05) is 41.3 Å². The van der Waals surface area contributed by atoms with Gasteiger partial charge < -0.3 is 4.90 Å². The van der Waals surface area contributed by atoms with Crippen LogP contribution in [0.1, 0.15) is 23.5 Å². The van der Waals surface area contributed by atoms with E-state index in [-0.39, 0.29) is 11.8 Å². The molecule has 0 radical (unpaired) electrons. The summed E-state index contributed by atoms with van der Waals surface area (Å²) >= 11 is 4.49. The molecule has 1 amide bonds. The van der Waals surface area contributed by atoms with Crippen LogP contribution in [0.25, 0.3) is 0 Å². The predicted octanol–water partition coefficient (Wildman–Crippen LogP) is 3.68. The number of benzene rings is 2. The van der Waals surface area contributed by atoms with Gasteiger partial charge in [0.2, 0.25) is 5.91 Å². The van der Waals surface area contributed by atoms with Gasteiger partial charge in [-0.05, 0) is 29.4 Å². The van der Waals surface area contributed by atoms with Crippen LogP contribution >= 0.6 is 12.6 Å². The Labute approximate surface area is 131 Å². The first kappa shape index (κ1) is 14.2. The van der Waals surface area contributed by atoms with Gasteiger partial charge in [0.1, 0.15) is 0 Å². The number of anilines is 1. The third-order valence-electron chi connectivity index (χ3n) is 4.09. The van der Waals surface area contributed by atoms with Gasteiger partial charge in [-0.1, -0.05) is 48.5 Å². The van der Waals surface area contributed by atoms with Gasteiger partial charge >= 0.3 is 0 Å². The summed E-state index contributed by atoms with van der Waals surface area (Å²) in [5.41, 5.74) is 3.57. The Morgan fingerprint density at radius 3 is 2.48 bits per heavy atom. The lowest BCUT2D eigenvalue weighted by Crippen LogP contribution is -2.38. The van der Waals surface area contributed by atoms with Gasteiger partial charge in [0, 0.05) is 24.6 Å². The molecule has 2 aromatic carbocycles. The van der Waals surface area contributed by atoms with Gasteiger partial charge in [0.15, 0.2) is 0 Å². The van der Waals surface area contributed by atoms with Crippen molar-refractivity contribution >= 4 is 24.2 Å². The van der Waals surface area contributed by atoms with Crippen molar-refractivity contribution < 1.29 is 4.79 Å². The standard InChI is InChI=1S/C18H19NOS/c20-18-11-10-15-8-4-5-9-17(15)19(18)12-16(13-21)14-6-2-1-3-7-14/h1-9,16,21H,10-13H2. The van der Waals surface area contributed by atoms with E-state index in [1.165, 1.54) is 11.1 Å². The number of fused-ring (bicyclic) bond motifs is 1. The van der Waals surface area contributed by atoms with Crippen LogP contribution in [0.15, 0.2) is 54.6 Å². The number of hydrogen-bond acceptors (Lipinski definition) is 2. The van der Waals surface area contributed by atoms with E-state index in [2.05, 4.69) is 30.8 Å². The van der Waals surface area contributed by atoms with Crippen LogP contribution < -0.4 is 4.90 Å². The SMILES string of the molecule is O=C1CCc2ccccc2N1CC(CS)c1ccccc1. The maximum Gasteiger partial charge on any atom is 0.227 e. The van der Waals surface area contributed by atoms with Crippen LogP contribution in [0.4, 0.5) is 5.69 Å². The Hall–Kier alpha value is -1.74. The number of thiol groups is 1. The molecular formula is C18H19NOS. The fourth-order valence-corrected chi connectivity index (χ4v) is 3.24. The molecule has 0 N–H and O–H groups in total. The Bertz CT molecular complexity index is 626. The number of hydrogen-bond donors (Lipinski definition) is 1. The molecule has 1 atom stereocenters. The van der Waals surface area contributed by atoms with Crippen LogP contribution in [0.5, 0.6) is 0 Å². The monoisotopic (exact) mass is 297 g/mol. The van der Waals surface area contributed by atoms with Crippen molar-refractivity contribution in [3.63, 3.8) is 0 Å². The highest BCUT2D eigenvalue weighted by Crippen LogP contribution is 2.30. The molecule has 2 nitrogen and oxygen atoms in total. The molecule has 0 fully saturated rings. The lowest BCUT2D eigenvalue weighted by atomic mass is 9.96. The maximum atomic E-state index is 12.3. The highest BCUT2D eigenvalue weighted by atomic mass is 32.1. The van der Waals surface area contributed by atoms with Gasteiger partial charge in [0.05, 0.1) is 0 Å².